The number of fused-ring (bicyclic) bond motifs is 1. The molecule has 0 radical (unpaired) electrons. The molecule has 1 aliphatic heterocycles. The Kier molecular flexibility index (Phi) is 6.58. The average molecular weight is 482 g/mol. The number of hydrogen-bond donors (Lipinski definition) is 0. The Hall–Kier alpha value is -3.10. The molecule has 8 heteroatoms. The first-order valence-corrected chi connectivity index (χ1v) is 12.8. The molecular weight excluding hydrogens is 458 g/mol. The van der Waals surface area contributed by atoms with Gasteiger partial charge in [0, 0.05) is 4.90 Å². The molecule has 0 aliphatic carbocycles. The van der Waals surface area contributed by atoms with Crippen molar-refractivity contribution in [3.8, 4) is 0 Å². The smallest absolute Gasteiger partial charge is 0.320 e. The summed E-state index contributed by atoms with van der Waals surface area (Å²) in [7, 11) is -4.29. The quantitative estimate of drug-likeness (QED) is 0.387. The van der Waals surface area contributed by atoms with Crippen LogP contribution in [-0.2, 0) is 24.3 Å². The molecular formula is C25H23NO5S2. The van der Waals surface area contributed by atoms with Gasteiger partial charge in [-0.2, -0.15) is 0 Å². The van der Waals surface area contributed by atoms with Crippen LogP contribution >= 0.6 is 11.8 Å². The molecule has 0 aromatic heterocycles. The summed E-state index contributed by atoms with van der Waals surface area (Å²) in [6.07, 6.45) is 0. The van der Waals surface area contributed by atoms with Crippen molar-refractivity contribution in [1.29, 1.82) is 0 Å². The molecule has 1 aliphatic rings. The van der Waals surface area contributed by atoms with Gasteiger partial charge in [-0.1, -0.05) is 60.2 Å². The third-order valence-corrected chi connectivity index (χ3v) is 8.46. The van der Waals surface area contributed by atoms with Crippen LogP contribution in [0.4, 0.5) is 5.69 Å². The zero-order chi connectivity index (χ0) is 23.6. The minimum absolute atomic E-state index is 0.0259. The van der Waals surface area contributed by atoms with Crippen molar-refractivity contribution in [2.45, 2.75) is 28.9 Å². The van der Waals surface area contributed by atoms with Gasteiger partial charge in [0.15, 0.2) is 5.92 Å². The Morgan fingerprint density at radius 1 is 0.970 bits per heavy atom. The van der Waals surface area contributed by atoms with E-state index in [9.17, 15) is 18.0 Å². The van der Waals surface area contributed by atoms with Gasteiger partial charge in [0.2, 0.25) is 0 Å². The molecule has 0 saturated heterocycles. The molecule has 0 bridgehead atoms. The number of carbonyl (C=O) groups excluding carboxylic acids is 2. The Morgan fingerprint density at radius 2 is 1.61 bits per heavy atom. The van der Waals surface area contributed by atoms with E-state index in [1.54, 1.807) is 43.3 Å². The molecule has 3 aromatic carbocycles. The average Bonchev–Trinajstić information content (AvgIpc) is 2.94. The number of benzene rings is 3. The van der Waals surface area contributed by atoms with Crippen LogP contribution in [0.2, 0.25) is 0 Å². The number of carbonyl (C=O) groups is 2. The van der Waals surface area contributed by atoms with Gasteiger partial charge in [0.25, 0.3) is 15.9 Å². The number of sulfonamides is 1. The Labute approximate surface area is 197 Å². The predicted molar refractivity (Wildman–Crippen MR) is 127 cm³/mol. The van der Waals surface area contributed by atoms with Crippen LogP contribution in [-0.4, -0.2) is 26.9 Å². The second-order valence-electron chi connectivity index (χ2n) is 7.57. The van der Waals surface area contributed by atoms with Crippen molar-refractivity contribution in [1.82, 2.24) is 0 Å². The number of ether oxygens (including phenoxy) is 1. The normalized spacial score (nSPS) is 18.4. The summed E-state index contributed by atoms with van der Waals surface area (Å²) in [5.74, 6) is -2.92. The summed E-state index contributed by atoms with van der Waals surface area (Å²) < 4.78 is 33.5. The van der Waals surface area contributed by atoms with Crippen LogP contribution in [0.15, 0.2) is 88.7 Å². The highest BCUT2D eigenvalue weighted by Crippen LogP contribution is 2.49. The number of nitrogens with zero attached hydrogens (tertiary/aromatic N) is 1. The summed E-state index contributed by atoms with van der Waals surface area (Å²) in [5, 5.41) is -0.655. The molecule has 0 unspecified atom stereocenters. The molecule has 1 amide bonds. The summed E-state index contributed by atoms with van der Waals surface area (Å²) >= 11 is 1.29. The molecule has 3 aromatic rings. The first-order valence-electron chi connectivity index (χ1n) is 10.5. The van der Waals surface area contributed by atoms with E-state index in [2.05, 4.69) is 0 Å². The summed E-state index contributed by atoms with van der Waals surface area (Å²) in [6.45, 7) is 3.58. The fraction of sp³-hybridized carbons (Fsp3) is 0.200. The number of thioether (sulfide) groups is 1. The van der Waals surface area contributed by atoms with E-state index in [0.717, 1.165) is 15.4 Å². The number of hydrogen-bond acceptors (Lipinski definition) is 6. The minimum atomic E-state index is -4.29. The van der Waals surface area contributed by atoms with Gasteiger partial charge < -0.3 is 4.74 Å². The maximum Gasteiger partial charge on any atom is 0.320 e. The molecule has 0 saturated carbocycles. The maximum atomic E-state index is 13.9. The van der Waals surface area contributed by atoms with Gasteiger partial charge in [-0.15, -0.1) is 11.8 Å². The molecule has 33 heavy (non-hydrogen) atoms. The molecule has 1 heterocycles. The van der Waals surface area contributed by atoms with E-state index in [-0.39, 0.29) is 17.2 Å². The third-order valence-electron chi connectivity index (χ3n) is 5.33. The van der Waals surface area contributed by atoms with Crippen molar-refractivity contribution < 1.29 is 22.7 Å². The highest BCUT2D eigenvalue weighted by Gasteiger charge is 2.47. The van der Waals surface area contributed by atoms with Crippen molar-refractivity contribution >= 4 is 39.3 Å². The molecule has 0 spiro atoms. The topological polar surface area (TPSA) is 80.8 Å². The van der Waals surface area contributed by atoms with Gasteiger partial charge in [-0.05, 0) is 43.7 Å². The van der Waals surface area contributed by atoms with Crippen LogP contribution < -0.4 is 4.31 Å². The van der Waals surface area contributed by atoms with E-state index in [4.69, 9.17) is 4.74 Å². The van der Waals surface area contributed by atoms with Crippen LogP contribution in [0, 0.1) is 12.8 Å². The van der Waals surface area contributed by atoms with Crippen molar-refractivity contribution in [3.05, 3.63) is 90.0 Å². The van der Waals surface area contributed by atoms with E-state index in [0.29, 0.717) is 4.90 Å². The Balaban J connectivity index is 1.93. The first-order chi connectivity index (χ1) is 15.8. The highest BCUT2D eigenvalue weighted by atomic mass is 32.2. The predicted octanol–water partition coefficient (Wildman–Crippen LogP) is 4.74. The standard InChI is InChI=1S/C25H23NO5S2/c1-3-31-25(28)22-23(18-9-5-4-6-10-18)32-21-12-8-7-11-20(21)26(24(22)27)33(29,30)19-15-13-17(2)14-16-19/h4-16,22-23H,3H2,1-2H3/t22-,23-/m1/s1. The number of anilines is 1. The molecule has 6 nitrogen and oxygen atoms in total. The monoisotopic (exact) mass is 481 g/mol. The molecule has 2 atom stereocenters. The number of rotatable bonds is 5. The lowest BCUT2D eigenvalue weighted by atomic mass is 9.97. The van der Waals surface area contributed by atoms with Gasteiger partial charge >= 0.3 is 5.97 Å². The summed E-state index contributed by atoms with van der Waals surface area (Å²) in [4.78, 5) is 27.6. The Bertz CT molecular complexity index is 1270. The van der Waals surface area contributed by atoms with E-state index in [1.165, 1.54) is 23.9 Å². The fourth-order valence-corrected chi connectivity index (χ4v) is 6.61. The summed E-state index contributed by atoms with van der Waals surface area (Å²) in [5.41, 5.74) is 1.85. The van der Waals surface area contributed by atoms with E-state index in [1.807, 2.05) is 37.3 Å². The fourth-order valence-electron chi connectivity index (χ4n) is 3.73. The number of aryl methyl sites for hydroxylation is 1. The van der Waals surface area contributed by atoms with Crippen LogP contribution in [0.3, 0.4) is 0 Å². The lowest BCUT2D eigenvalue weighted by Gasteiger charge is -2.26. The first kappa shape index (κ1) is 23.1. The van der Waals surface area contributed by atoms with Gasteiger partial charge in [-0.25, -0.2) is 12.7 Å². The summed E-state index contributed by atoms with van der Waals surface area (Å²) in [6, 6.07) is 22.2. The zero-order valence-corrected chi connectivity index (χ0v) is 19.8. The van der Waals surface area contributed by atoms with Crippen LogP contribution in [0.5, 0.6) is 0 Å². The van der Waals surface area contributed by atoms with E-state index < -0.39 is 33.1 Å². The molecule has 0 N–H and O–H groups in total. The van der Waals surface area contributed by atoms with Crippen molar-refractivity contribution in [3.63, 3.8) is 0 Å². The van der Waals surface area contributed by atoms with Gasteiger partial charge in [-0.3, -0.25) is 9.59 Å². The van der Waals surface area contributed by atoms with Crippen LogP contribution in [0.25, 0.3) is 0 Å². The van der Waals surface area contributed by atoms with E-state index >= 15 is 0 Å². The molecule has 170 valence electrons. The SMILES string of the molecule is CCOC(=O)[C@H]1C(=O)N(S(=O)(=O)c2ccc(C)cc2)c2ccccc2S[C@@H]1c1ccccc1. The number of amides is 1. The number of esters is 1. The lowest BCUT2D eigenvalue weighted by Crippen LogP contribution is -2.44. The largest absolute Gasteiger partial charge is 0.465 e. The lowest BCUT2D eigenvalue weighted by molar-refractivity contribution is -0.151. The second-order valence-corrected chi connectivity index (χ2v) is 10.5. The molecule has 0 fully saturated rings. The maximum absolute atomic E-state index is 13.9. The highest BCUT2D eigenvalue weighted by molar-refractivity contribution is 8.00. The number of para-hydroxylation sites is 1. The second kappa shape index (κ2) is 9.41. The van der Waals surface area contributed by atoms with Crippen molar-refractivity contribution in [2.24, 2.45) is 5.92 Å². The zero-order valence-electron chi connectivity index (χ0n) is 18.2. The third kappa shape index (κ3) is 4.41. The van der Waals surface area contributed by atoms with Crippen molar-refractivity contribution in [2.75, 3.05) is 10.9 Å². The molecule has 4 rings (SSSR count). The van der Waals surface area contributed by atoms with Gasteiger partial charge in [0.05, 0.1) is 22.4 Å². The van der Waals surface area contributed by atoms with Crippen LogP contribution in [0.1, 0.15) is 23.3 Å². The van der Waals surface area contributed by atoms with Gasteiger partial charge in [0.1, 0.15) is 0 Å². The minimum Gasteiger partial charge on any atom is -0.465 e. The Morgan fingerprint density at radius 3 is 2.27 bits per heavy atom.